The van der Waals surface area contributed by atoms with Crippen LogP contribution in [-0.4, -0.2) is 25.2 Å². The molecule has 0 aliphatic heterocycles. The van der Waals surface area contributed by atoms with Gasteiger partial charge in [0.15, 0.2) is 0 Å². The van der Waals surface area contributed by atoms with Gasteiger partial charge in [-0.05, 0) is 36.8 Å². The summed E-state index contributed by atoms with van der Waals surface area (Å²) in [5.41, 5.74) is 13.6. The van der Waals surface area contributed by atoms with Gasteiger partial charge in [0, 0.05) is 35.2 Å². The first kappa shape index (κ1) is 20.6. The number of nitrogen functional groups attached to an aromatic ring is 2. The number of carbonyl (C=O) groups excluding carboxylic acids is 2. The first-order valence-corrected chi connectivity index (χ1v) is 8.45. The Morgan fingerprint density at radius 3 is 2.18 bits per heavy atom. The molecule has 0 heterocycles. The molecular formula is C21H22N2O5. The van der Waals surface area contributed by atoms with Crippen LogP contribution >= 0.6 is 0 Å². The summed E-state index contributed by atoms with van der Waals surface area (Å²) in [7, 11) is 0. The summed E-state index contributed by atoms with van der Waals surface area (Å²) in [6.45, 7) is 4.94. The fourth-order valence-corrected chi connectivity index (χ4v) is 2.10. The molecule has 2 aromatic carbocycles. The maximum Gasteiger partial charge on any atom is 0.333 e. The predicted octanol–water partition coefficient (Wildman–Crippen LogP) is 3.32. The van der Waals surface area contributed by atoms with Crippen LogP contribution in [0.2, 0.25) is 0 Å². The number of esters is 2. The van der Waals surface area contributed by atoms with Crippen LogP contribution in [0.1, 0.15) is 12.5 Å². The highest BCUT2D eigenvalue weighted by Crippen LogP contribution is 2.26. The Labute approximate surface area is 163 Å². The zero-order valence-electron chi connectivity index (χ0n) is 15.5. The molecule has 4 N–H and O–H groups in total. The largest absolute Gasteiger partial charge is 0.459 e. The molecule has 2 aromatic rings. The average Bonchev–Trinajstić information content (AvgIpc) is 2.63. The van der Waals surface area contributed by atoms with E-state index in [2.05, 4.69) is 6.58 Å². The molecule has 0 aliphatic carbocycles. The second-order valence-corrected chi connectivity index (χ2v) is 5.92. The summed E-state index contributed by atoms with van der Waals surface area (Å²) in [6.07, 6.45) is 2.89. The minimum absolute atomic E-state index is 0.0220. The summed E-state index contributed by atoms with van der Waals surface area (Å²) >= 11 is 0. The van der Waals surface area contributed by atoms with Crippen LogP contribution in [0, 0.1) is 0 Å². The molecule has 0 fully saturated rings. The van der Waals surface area contributed by atoms with E-state index in [0.29, 0.717) is 22.9 Å². The zero-order chi connectivity index (χ0) is 20.5. The van der Waals surface area contributed by atoms with Crippen LogP contribution in [0.4, 0.5) is 11.4 Å². The summed E-state index contributed by atoms with van der Waals surface area (Å²) in [5, 5.41) is 0. The van der Waals surface area contributed by atoms with E-state index in [1.165, 1.54) is 13.0 Å². The van der Waals surface area contributed by atoms with Gasteiger partial charge in [0.2, 0.25) is 0 Å². The van der Waals surface area contributed by atoms with E-state index in [1.807, 2.05) is 0 Å². The number of benzene rings is 2. The highest BCUT2D eigenvalue weighted by Gasteiger charge is 2.04. The second kappa shape index (κ2) is 9.82. The van der Waals surface area contributed by atoms with Gasteiger partial charge in [0.25, 0.3) is 0 Å². The number of hydrogen-bond donors (Lipinski definition) is 2. The van der Waals surface area contributed by atoms with E-state index >= 15 is 0 Å². The average molecular weight is 382 g/mol. The van der Waals surface area contributed by atoms with Crippen LogP contribution in [0.15, 0.2) is 60.7 Å². The third-order valence-electron chi connectivity index (χ3n) is 3.39. The lowest BCUT2D eigenvalue weighted by Crippen LogP contribution is -2.12. The Kier molecular flexibility index (Phi) is 7.21. The van der Waals surface area contributed by atoms with Crippen molar-refractivity contribution in [3.05, 3.63) is 66.3 Å². The van der Waals surface area contributed by atoms with Gasteiger partial charge >= 0.3 is 11.9 Å². The van der Waals surface area contributed by atoms with E-state index in [9.17, 15) is 9.59 Å². The van der Waals surface area contributed by atoms with Crippen LogP contribution in [0.3, 0.4) is 0 Å². The van der Waals surface area contributed by atoms with E-state index < -0.39 is 11.9 Å². The van der Waals surface area contributed by atoms with Gasteiger partial charge in [-0.15, -0.1) is 0 Å². The van der Waals surface area contributed by atoms with Crippen molar-refractivity contribution in [1.29, 1.82) is 0 Å². The molecule has 0 aromatic heterocycles. The quantitative estimate of drug-likeness (QED) is 0.311. The molecule has 7 heteroatoms. The number of carbonyl (C=O) groups is 2. The molecule has 0 spiro atoms. The maximum absolute atomic E-state index is 11.7. The molecule has 146 valence electrons. The van der Waals surface area contributed by atoms with Crippen LogP contribution < -0.4 is 16.2 Å². The lowest BCUT2D eigenvalue weighted by atomic mass is 10.2. The van der Waals surface area contributed by atoms with E-state index in [4.69, 9.17) is 25.7 Å². The van der Waals surface area contributed by atoms with Crippen LogP contribution in [-0.2, 0) is 19.1 Å². The molecule has 2 rings (SSSR count). The molecule has 0 unspecified atom stereocenters. The molecule has 0 amide bonds. The van der Waals surface area contributed by atoms with Crippen molar-refractivity contribution < 1.29 is 23.8 Å². The molecule has 0 bridgehead atoms. The third kappa shape index (κ3) is 6.87. The molecule has 28 heavy (non-hydrogen) atoms. The predicted molar refractivity (Wildman–Crippen MR) is 108 cm³/mol. The fraction of sp³-hybridized carbons (Fsp3) is 0.143. The smallest absolute Gasteiger partial charge is 0.333 e. The SMILES string of the molecule is C=C(C)C(=O)OCCOC(=O)/C=C/c1ccc(Oc2cc(N)cc(N)c2)cc1. The summed E-state index contributed by atoms with van der Waals surface area (Å²) in [4.78, 5) is 22.8. The van der Waals surface area contributed by atoms with E-state index in [0.717, 1.165) is 5.56 Å². The normalized spacial score (nSPS) is 10.5. The standard InChI is InChI=1S/C21H22N2O5/c1-14(2)21(25)27-10-9-26-20(24)8-5-15-3-6-18(7-4-15)28-19-12-16(22)11-17(23)13-19/h3-8,11-13H,1,9-10,22-23H2,2H3/b8-5+. The van der Waals surface area contributed by atoms with E-state index in [1.54, 1.807) is 48.5 Å². The van der Waals surface area contributed by atoms with Gasteiger partial charge in [-0.2, -0.15) is 0 Å². The van der Waals surface area contributed by atoms with Gasteiger partial charge in [0.1, 0.15) is 24.7 Å². The van der Waals surface area contributed by atoms with Crippen molar-refractivity contribution in [2.45, 2.75) is 6.92 Å². The Bertz CT molecular complexity index is 868. The van der Waals surface area contributed by atoms with Gasteiger partial charge in [0.05, 0.1) is 0 Å². The van der Waals surface area contributed by atoms with Gasteiger partial charge in [-0.1, -0.05) is 18.7 Å². The topological polar surface area (TPSA) is 114 Å². The number of ether oxygens (including phenoxy) is 3. The van der Waals surface area contributed by atoms with Crippen LogP contribution in [0.25, 0.3) is 6.08 Å². The molecule has 0 aliphatic rings. The highest BCUT2D eigenvalue weighted by atomic mass is 16.6. The first-order chi connectivity index (χ1) is 13.3. The van der Waals surface area contributed by atoms with Crippen molar-refractivity contribution in [3.8, 4) is 11.5 Å². The molecule has 0 saturated carbocycles. The molecule has 7 nitrogen and oxygen atoms in total. The summed E-state index contributed by atoms with van der Waals surface area (Å²) < 4.78 is 15.5. The van der Waals surface area contributed by atoms with Crippen LogP contribution in [0.5, 0.6) is 11.5 Å². The number of hydrogen-bond acceptors (Lipinski definition) is 7. The van der Waals surface area contributed by atoms with Gasteiger partial charge in [-0.25, -0.2) is 9.59 Å². The third-order valence-corrected chi connectivity index (χ3v) is 3.39. The molecule has 0 atom stereocenters. The molecule has 0 radical (unpaired) electrons. The van der Waals surface area contributed by atoms with Crippen molar-refractivity contribution in [2.24, 2.45) is 0 Å². The minimum atomic E-state index is -0.540. The maximum atomic E-state index is 11.7. The highest BCUT2D eigenvalue weighted by molar-refractivity contribution is 5.87. The number of anilines is 2. The Hall–Kier alpha value is -3.74. The minimum Gasteiger partial charge on any atom is -0.459 e. The van der Waals surface area contributed by atoms with Crippen molar-refractivity contribution in [3.63, 3.8) is 0 Å². The van der Waals surface area contributed by atoms with Gasteiger partial charge in [-0.3, -0.25) is 0 Å². The lowest BCUT2D eigenvalue weighted by molar-refractivity contribution is -0.146. The number of nitrogens with two attached hydrogens (primary N) is 2. The fourth-order valence-electron chi connectivity index (χ4n) is 2.10. The zero-order valence-corrected chi connectivity index (χ0v) is 15.5. The Morgan fingerprint density at radius 2 is 1.57 bits per heavy atom. The first-order valence-electron chi connectivity index (χ1n) is 8.45. The van der Waals surface area contributed by atoms with Crippen molar-refractivity contribution >= 4 is 29.4 Å². The molecular weight excluding hydrogens is 360 g/mol. The summed E-state index contributed by atoms with van der Waals surface area (Å²) in [5.74, 6) is 0.0810. The van der Waals surface area contributed by atoms with Crippen molar-refractivity contribution in [2.75, 3.05) is 24.7 Å². The second-order valence-electron chi connectivity index (χ2n) is 5.92. The van der Waals surface area contributed by atoms with Crippen molar-refractivity contribution in [1.82, 2.24) is 0 Å². The Morgan fingerprint density at radius 1 is 0.964 bits per heavy atom. The number of rotatable bonds is 8. The molecule has 0 saturated heterocycles. The lowest BCUT2D eigenvalue weighted by Gasteiger charge is -2.08. The summed E-state index contributed by atoms with van der Waals surface area (Å²) in [6, 6.07) is 12.1. The van der Waals surface area contributed by atoms with E-state index in [-0.39, 0.29) is 18.8 Å². The Balaban J connectivity index is 1.81. The van der Waals surface area contributed by atoms with Gasteiger partial charge < -0.3 is 25.7 Å². The monoisotopic (exact) mass is 382 g/mol.